The third-order valence-electron chi connectivity index (χ3n) is 4.76. The zero-order valence-electron chi connectivity index (χ0n) is 15.7. The number of nitrogens with zero attached hydrogens (tertiary/aromatic N) is 4. The fraction of sp³-hybridized carbons (Fsp3) is 0.333. The number of carbonyl (C=O) groups excluding carboxylic acids is 2. The van der Waals surface area contributed by atoms with Crippen molar-refractivity contribution in [3.63, 3.8) is 0 Å². The first-order valence-electron chi connectivity index (χ1n) is 9.13. The molecule has 0 unspecified atom stereocenters. The molecule has 0 radical (unpaired) electrons. The Morgan fingerprint density at radius 3 is 2.82 bits per heavy atom. The minimum Gasteiger partial charge on any atom is -0.445 e. The number of rotatable bonds is 5. The van der Waals surface area contributed by atoms with Crippen LogP contribution in [0.2, 0.25) is 0 Å². The van der Waals surface area contributed by atoms with Crippen molar-refractivity contribution in [3.05, 3.63) is 59.3 Å². The molecule has 1 aromatic carbocycles. The van der Waals surface area contributed by atoms with E-state index in [2.05, 4.69) is 11.1 Å². The van der Waals surface area contributed by atoms with E-state index < -0.39 is 6.09 Å². The molecular formula is C21H22N4O3. The molecular weight excluding hydrogens is 356 g/mol. The number of aldehydes is 1. The van der Waals surface area contributed by atoms with Crippen LogP contribution in [0.15, 0.2) is 42.6 Å². The third kappa shape index (κ3) is 4.46. The molecule has 0 bridgehead atoms. The second-order valence-corrected chi connectivity index (χ2v) is 6.72. The van der Waals surface area contributed by atoms with E-state index in [4.69, 9.17) is 4.74 Å². The Morgan fingerprint density at radius 2 is 2.14 bits per heavy atom. The van der Waals surface area contributed by atoms with Crippen LogP contribution in [0.3, 0.4) is 0 Å². The average Bonchev–Trinajstić information content (AvgIpc) is 2.73. The van der Waals surface area contributed by atoms with Gasteiger partial charge in [0.05, 0.1) is 18.5 Å². The highest BCUT2D eigenvalue weighted by atomic mass is 16.6. The van der Waals surface area contributed by atoms with Gasteiger partial charge in [-0.2, -0.15) is 5.26 Å². The number of aromatic nitrogens is 1. The van der Waals surface area contributed by atoms with Gasteiger partial charge < -0.3 is 14.5 Å². The smallest absolute Gasteiger partial charge is 0.410 e. The summed E-state index contributed by atoms with van der Waals surface area (Å²) >= 11 is 0. The molecule has 0 saturated carbocycles. The normalized spacial score (nSPS) is 16.4. The van der Waals surface area contributed by atoms with E-state index in [1.165, 1.54) is 6.20 Å². The Labute approximate surface area is 164 Å². The first-order valence-corrected chi connectivity index (χ1v) is 9.13. The van der Waals surface area contributed by atoms with Gasteiger partial charge in [0.25, 0.3) is 0 Å². The number of hydrogen-bond donors (Lipinski definition) is 0. The lowest BCUT2D eigenvalue weighted by molar-refractivity contribution is 0.0768. The van der Waals surface area contributed by atoms with E-state index in [0.717, 1.165) is 23.2 Å². The van der Waals surface area contributed by atoms with Gasteiger partial charge in [0.1, 0.15) is 12.4 Å². The molecule has 1 aliphatic heterocycles. The predicted octanol–water partition coefficient (Wildman–Crippen LogP) is 2.94. The molecule has 2 heterocycles. The standard InChI is InChI=1S/C21H22N4O3/c1-16-11-18(14-26)12-23-20(16)24-9-10-25(19(13-24)7-8-22)21(27)28-15-17-5-3-2-4-6-17/h2-6,11-12,14,19H,7,9-10,13,15H2,1H3/t19-/m0/s1. The molecule has 1 aromatic heterocycles. The molecule has 2 aromatic rings. The van der Waals surface area contributed by atoms with Gasteiger partial charge in [0.2, 0.25) is 0 Å². The zero-order chi connectivity index (χ0) is 19.9. The van der Waals surface area contributed by atoms with Crippen LogP contribution in [-0.2, 0) is 11.3 Å². The Hall–Kier alpha value is -3.40. The van der Waals surface area contributed by atoms with Gasteiger partial charge in [-0.15, -0.1) is 0 Å². The lowest BCUT2D eigenvalue weighted by Crippen LogP contribution is -2.55. The maximum atomic E-state index is 12.6. The summed E-state index contributed by atoms with van der Waals surface area (Å²) in [4.78, 5) is 31.6. The van der Waals surface area contributed by atoms with Crippen molar-refractivity contribution in [1.82, 2.24) is 9.88 Å². The number of benzene rings is 1. The summed E-state index contributed by atoms with van der Waals surface area (Å²) in [5.74, 6) is 0.769. The zero-order valence-corrected chi connectivity index (χ0v) is 15.7. The highest BCUT2D eigenvalue weighted by molar-refractivity contribution is 5.75. The van der Waals surface area contributed by atoms with E-state index in [0.29, 0.717) is 25.2 Å². The van der Waals surface area contributed by atoms with E-state index in [1.54, 1.807) is 11.0 Å². The maximum absolute atomic E-state index is 12.6. The van der Waals surface area contributed by atoms with Crippen LogP contribution in [0, 0.1) is 18.3 Å². The molecule has 1 saturated heterocycles. The van der Waals surface area contributed by atoms with Gasteiger partial charge >= 0.3 is 6.09 Å². The lowest BCUT2D eigenvalue weighted by atomic mass is 10.1. The molecule has 1 atom stereocenters. The van der Waals surface area contributed by atoms with E-state index >= 15 is 0 Å². The van der Waals surface area contributed by atoms with Gasteiger partial charge in [0.15, 0.2) is 6.29 Å². The largest absolute Gasteiger partial charge is 0.445 e. The van der Waals surface area contributed by atoms with Crippen LogP contribution in [-0.4, -0.2) is 47.9 Å². The number of nitriles is 1. The van der Waals surface area contributed by atoms with Crippen LogP contribution in [0.25, 0.3) is 0 Å². The first-order chi connectivity index (χ1) is 13.6. The molecule has 7 heteroatoms. The summed E-state index contributed by atoms with van der Waals surface area (Å²) in [6.07, 6.45) is 2.10. The Morgan fingerprint density at radius 1 is 1.36 bits per heavy atom. The van der Waals surface area contributed by atoms with Crippen molar-refractivity contribution in [2.75, 3.05) is 24.5 Å². The molecule has 3 rings (SSSR count). The summed E-state index contributed by atoms with van der Waals surface area (Å²) in [5, 5.41) is 9.20. The maximum Gasteiger partial charge on any atom is 0.410 e. The monoisotopic (exact) mass is 378 g/mol. The van der Waals surface area contributed by atoms with Gasteiger partial charge in [0, 0.05) is 31.4 Å². The number of carbonyl (C=O) groups is 2. The number of aryl methyl sites for hydroxylation is 1. The highest BCUT2D eigenvalue weighted by Gasteiger charge is 2.32. The van der Waals surface area contributed by atoms with Gasteiger partial charge in [-0.1, -0.05) is 30.3 Å². The van der Waals surface area contributed by atoms with Crippen LogP contribution < -0.4 is 4.90 Å². The molecule has 144 valence electrons. The minimum absolute atomic E-state index is 0.201. The fourth-order valence-electron chi connectivity index (χ4n) is 3.36. The van der Waals surface area contributed by atoms with Crippen LogP contribution in [0.4, 0.5) is 10.6 Å². The fourth-order valence-corrected chi connectivity index (χ4v) is 3.36. The summed E-state index contributed by atoms with van der Waals surface area (Å²) < 4.78 is 5.44. The van der Waals surface area contributed by atoms with Crippen LogP contribution in [0.5, 0.6) is 0 Å². The Bertz CT molecular complexity index is 879. The lowest BCUT2D eigenvalue weighted by Gasteiger charge is -2.40. The molecule has 0 N–H and O–H groups in total. The predicted molar refractivity (Wildman–Crippen MR) is 104 cm³/mol. The number of piperazine rings is 1. The SMILES string of the molecule is Cc1cc(C=O)cnc1N1CCN(C(=O)OCc2ccccc2)[C@@H](CC#N)C1. The number of ether oxygens (including phenoxy) is 1. The minimum atomic E-state index is -0.412. The summed E-state index contributed by atoms with van der Waals surface area (Å²) in [6.45, 7) is 3.61. The molecule has 0 spiro atoms. The van der Waals surface area contributed by atoms with Gasteiger partial charge in [-0.05, 0) is 24.1 Å². The van der Waals surface area contributed by atoms with Crippen LogP contribution >= 0.6 is 0 Å². The molecule has 7 nitrogen and oxygen atoms in total. The van der Waals surface area contributed by atoms with Gasteiger partial charge in [-0.25, -0.2) is 9.78 Å². The van der Waals surface area contributed by atoms with E-state index in [9.17, 15) is 14.9 Å². The van der Waals surface area contributed by atoms with E-state index in [1.807, 2.05) is 42.2 Å². The highest BCUT2D eigenvalue weighted by Crippen LogP contribution is 2.23. The Kier molecular flexibility index (Phi) is 6.22. The molecule has 1 fully saturated rings. The van der Waals surface area contributed by atoms with Crippen molar-refractivity contribution >= 4 is 18.2 Å². The van der Waals surface area contributed by atoms with E-state index in [-0.39, 0.29) is 19.1 Å². The van der Waals surface area contributed by atoms with Crippen molar-refractivity contribution in [3.8, 4) is 6.07 Å². The van der Waals surface area contributed by atoms with Gasteiger partial charge in [-0.3, -0.25) is 4.79 Å². The summed E-state index contributed by atoms with van der Waals surface area (Å²) in [5.41, 5.74) is 2.33. The third-order valence-corrected chi connectivity index (χ3v) is 4.76. The number of amides is 1. The molecule has 1 amide bonds. The number of anilines is 1. The summed E-state index contributed by atoms with van der Waals surface area (Å²) in [6, 6.07) is 13.2. The quantitative estimate of drug-likeness (QED) is 0.744. The van der Waals surface area contributed by atoms with Crippen molar-refractivity contribution in [2.24, 2.45) is 0 Å². The molecule has 28 heavy (non-hydrogen) atoms. The molecule has 0 aliphatic carbocycles. The second kappa shape index (κ2) is 9.00. The number of pyridine rings is 1. The van der Waals surface area contributed by atoms with Crippen molar-refractivity contribution < 1.29 is 14.3 Å². The van der Waals surface area contributed by atoms with Crippen molar-refractivity contribution in [1.29, 1.82) is 5.26 Å². The summed E-state index contributed by atoms with van der Waals surface area (Å²) in [7, 11) is 0. The molecule has 1 aliphatic rings. The topological polar surface area (TPSA) is 86.5 Å². The van der Waals surface area contributed by atoms with Crippen LogP contribution in [0.1, 0.15) is 27.9 Å². The Balaban J connectivity index is 1.67. The average molecular weight is 378 g/mol. The first kappa shape index (κ1) is 19.4. The second-order valence-electron chi connectivity index (χ2n) is 6.72. The van der Waals surface area contributed by atoms with Crippen molar-refractivity contribution in [2.45, 2.75) is 26.0 Å². The number of hydrogen-bond acceptors (Lipinski definition) is 6.